The lowest BCUT2D eigenvalue weighted by molar-refractivity contribution is 0.342. The molecule has 1 aliphatic rings. The first-order valence-electron chi connectivity index (χ1n) is 5.61. The van der Waals surface area contributed by atoms with E-state index in [-0.39, 0.29) is 0 Å². The Morgan fingerprint density at radius 1 is 1.43 bits per heavy atom. The first-order valence-corrected chi connectivity index (χ1v) is 5.61. The molecular weight excluding hydrogens is 174 g/mol. The van der Waals surface area contributed by atoms with Gasteiger partial charge in [0.1, 0.15) is 0 Å². The molecule has 0 atom stereocenters. The lowest BCUT2D eigenvalue weighted by Crippen LogP contribution is -2.28. The van der Waals surface area contributed by atoms with Crippen LogP contribution < -0.4 is 11.1 Å². The van der Waals surface area contributed by atoms with E-state index in [1.54, 1.807) is 0 Å². The van der Waals surface area contributed by atoms with Crippen molar-refractivity contribution in [1.29, 1.82) is 0 Å². The maximum atomic E-state index is 5.80. The third-order valence-corrected chi connectivity index (χ3v) is 2.71. The highest BCUT2D eigenvalue weighted by Crippen LogP contribution is 2.05. The summed E-state index contributed by atoms with van der Waals surface area (Å²) in [6.45, 7) is 8.90. The summed E-state index contributed by atoms with van der Waals surface area (Å²) in [7, 11) is 0. The van der Waals surface area contributed by atoms with Gasteiger partial charge in [-0.25, -0.2) is 0 Å². The molecule has 0 aromatic carbocycles. The van der Waals surface area contributed by atoms with Crippen LogP contribution in [0.2, 0.25) is 0 Å². The van der Waals surface area contributed by atoms with Gasteiger partial charge in [-0.2, -0.15) is 0 Å². The molecule has 1 rings (SSSR count). The summed E-state index contributed by atoms with van der Waals surface area (Å²) in [6.07, 6.45) is 4.68. The van der Waals surface area contributed by atoms with Crippen LogP contribution in [0.15, 0.2) is 11.9 Å². The van der Waals surface area contributed by atoms with Crippen LogP contribution in [0, 0.1) is 5.92 Å². The highest BCUT2D eigenvalue weighted by molar-refractivity contribution is 4.97. The lowest BCUT2D eigenvalue weighted by Gasteiger charge is -2.14. The molecule has 0 saturated carbocycles. The molecule has 3 heteroatoms. The van der Waals surface area contributed by atoms with Gasteiger partial charge < -0.3 is 16.0 Å². The first kappa shape index (κ1) is 11.4. The SMILES string of the molecule is CC(C)/C(N)=C/NCCN1CCCC1. The highest BCUT2D eigenvalue weighted by atomic mass is 15.1. The van der Waals surface area contributed by atoms with E-state index in [1.807, 2.05) is 6.20 Å². The average molecular weight is 197 g/mol. The summed E-state index contributed by atoms with van der Waals surface area (Å²) in [5.74, 6) is 0.439. The standard InChI is InChI=1S/C11H23N3/c1-10(2)11(12)9-13-5-8-14-6-3-4-7-14/h9-10,13H,3-8,12H2,1-2H3/b11-9-. The Bertz CT molecular complexity index is 181. The van der Waals surface area contributed by atoms with Gasteiger partial charge in [-0.1, -0.05) is 13.8 Å². The second-order valence-corrected chi connectivity index (χ2v) is 4.30. The fourth-order valence-electron chi connectivity index (χ4n) is 1.59. The first-order chi connectivity index (χ1) is 6.70. The quantitative estimate of drug-likeness (QED) is 0.649. The van der Waals surface area contributed by atoms with E-state index >= 15 is 0 Å². The molecule has 0 radical (unpaired) electrons. The zero-order valence-electron chi connectivity index (χ0n) is 9.42. The number of allylic oxidation sites excluding steroid dienone is 1. The zero-order chi connectivity index (χ0) is 10.4. The number of hydrogen-bond acceptors (Lipinski definition) is 3. The van der Waals surface area contributed by atoms with Gasteiger partial charge in [-0.3, -0.25) is 0 Å². The molecular formula is C11H23N3. The van der Waals surface area contributed by atoms with Crippen molar-refractivity contribution in [3.63, 3.8) is 0 Å². The zero-order valence-corrected chi connectivity index (χ0v) is 9.42. The van der Waals surface area contributed by atoms with E-state index in [4.69, 9.17) is 5.73 Å². The van der Waals surface area contributed by atoms with E-state index in [0.29, 0.717) is 5.92 Å². The predicted octanol–water partition coefficient (Wildman–Crippen LogP) is 1.13. The smallest absolute Gasteiger partial charge is 0.0269 e. The molecule has 14 heavy (non-hydrogen) atoms. The van der Waals surface area contributed by atoms with Crippen molar-refractivity contribution in [3.05, 3.63) is 11.9 Å². The fraction of sp³-hybridized carbons (Fsp3) is 0.818. The van der Waals surface area contributed by atoms with E-state index in [1.165, 1.54) is 25.9 Å². The summed E-state index contributed by atoms with van der Waals surface area (Å²) in [6, 6.07) is 0. The Morgan fingerprint density at radius 2 is 2.07 bits per heavy atom. The van der Waals surface area contributed by atoms with Crippen molar-refractivity contribution < 1.29 is 0 Å². The van der Waals surface area contributed by atoms with Gasteiger partial charge in [-0.05, 0) is 31.8 Å². The number of likely N-dealkylation sites (tertiary alicyclic amines) is 1. The third kappa shape index (κ3) is 4.01. The molecule has 0 aromatic rings. The molecule has 1 aliphatic heterocycles. The van der Waals surface area contributed by atoms with Gasteiger partial charge in [0, 0.05) is 25.0 Å². The second kappa shape index (κ2) is 5.91. The van der Waals surface area contributed by atoms with Crippen molar-refractivity contribution in [1.82, 2.24) is 10.2 Å². The van der Waals surface area contributed by atoms with Crippen LogP contribution in [0.5, 0.6) is 0 Å². The number of nitrogens with zero attached hydrogens (tertiary/aromatic N) is 1. The fourth-order valence-corrected chi connectivity index (χ4v) is 1.59. The maximum Gasteiger partial charge on any atom is 0.0269 e. The predicted molar refractivity (Wildman–Crippen MR) is 60.8 cm³/mol. The van der Waals surface area contributed by atoms with Crippen LogP contribution in [-0.4, -0.2) is 31.1 Å². The highest BCUT2D eigenvalue weighted by Gasteiger charge is 2.09. The minimum absolute atomic E-state index is 0.439. The van der Waals surface area contributed by atoms with E-state index in [9.17, 15) is 0 Å². The summed E-state index contributed by atoms with van der Waals surface area (Å²) in [4.78, 5) is 2.49. The molecule has 0 unspecified atom stereocenters. The van der Waals surface area contributed by atoms with Gasteiger partial charge in [0.25, 0.3) is 0 Å². The number of rotatable bonds is 5. The molecule has 82 valence electrons. The molecule has 0 spiro atoms. The van der Waals surface area contributed by atoms with Crippen LogP contribution in [0.25, 0.3) is 0 Å². The van der Waals surface area contributed by atoms with Crippen LogP contribution in [0.3, 0.4) is 0 Å². The Balaban J connectivity index is 2.06. The molecule has 3 nitrogen and oxygen atoms in total. The molecule has 1 saturated heterocycles. The largest absolute Gasteiger partial charge is 0.401 e. The number of nitrogens with one attached hydrogen (secondary N) is 1. The summed E-state index contributed by atoms with van der Waals surface area (Å²) in [5.41, 5.74) is 6.73. The van der Waals surface area contributed by atoms with E-state index in [2.05, 4.69) is 24.1 Å². The van der Waals surface area contributed by atoms with Crippen LogP contribution in [0.4, 0.5) is 0 Å². The van der Waals surface area contributed by atoms with Crippen molar-refractivity contribution in [3.8, 4) is 0 Å². The lowest BCUT2D eigenvalue weighted by atomic mass is 10.2. The third-order valence-electron chi connectivity index (χ3n) is 2.71. The Kier molecular flexibility index (Phi) is 4.80. The Morgan fingerprint density at radius 3 is 2.64 bits per heavy atom. The second-order valence-electron chi connectivity index (χ2n) is 4.30. The average Bonchev–Trinajstić information content (AvgIpc) is 2.64. The topological polar surface area (TPSA) is 41.3 Å². The Hall–Kier alpha value is -0.700. The normalized spacial score (nSPS) is 19.2. The van der Waals surface area contributed by atoms with Gasteiger partial charge in [0.05, 0.1) is 0 Å². The summed E-state index contributed by atoms with van der Waals surface area (Å²) < 4.78 is 0. The van der Waals surface area contributed by atoms with Gasteiger partial charge in [0.15, 0.2) is 0 Å². The maximum absolute atomic E-state index is 5.80. The van der Waals surface area contributed by atoms with Crippen molar-refractivity contribution in [2.24, 2.45) is 11.7 Å². The van der Waals surface area contributed by atoms with Crippen molar-refractivity contribution >= 4 is 0 Å². The van der Waals surface area contributed by atoms with Gasteiger partial charge in [0.2, 0.25) is 0 Å². The molecule has 1 fully saturated rings. The van der Waals surface area contributed by atoms with E-state index in [0.717, 1.165) is 18.8 Å². The van der Waals surface area contributed by atoms with Crippen LogP contribution in [-0.2, 0) is 0 Å². The van der Waals surface area contributed by atoms with Crippen molar-refractivity contribution in [2.45, 2.75) is 26.7 Å². The van der Waals surface area contributed by atoms with Gasteiger partial charge in [-0.15, -0.1) is 0 Å². The molecule has 3 N–H and O–H groups in total. The van der Waals surface area contributed by atoms with Crippen LogP contribution >= 0.6 is 0 Å². The van der Waals surface area contributed by atoms with Gasteiger partial charge >= 0.3 is 0 Å². The minimum atomic E-state index is 0.439. The molecule has 1 heterocycles. The Labute approximate surface area is 87.3 Å². The van der Waals surface area contributed by atoms with E-state index < -0.39 is 0 Å². The van der Waals surface area contributed by atoms with Crippen molar-refractivity contribution in [2.75, 3.05) is 26.2 Å². The summed E-state index contributed by atoms with van der Waals surface area (Å²) in [5, 5.41) is 3.26. The minimum Gasteiger partial charge on any atom is -0.401 e. The molecule has 0 amide bonds. The number of nitrogens with two attached hydrogens (primary N) is 1. The van der Waals surface area contributed by atoms with Crippen LogP contribution in [0.1, 0.15) is 26.7 Å². The molecule has 0 aliphatic carbocycles. The summed E-state index contributed by atoms with van der Waals surface area (Å²) >= 11 is 0. The molecule has 0 bridgehead atoms. The monoisotopic (exact) mass is 197 g/mol. The number of hydrogen-bond donors (Lipinski definition) is 2. The molecule has 0 aromatic heterocycles.